The number of nitrogens with one attached hydrogen (secondary N) is 1. The lowest BCUT2D eigenvalue weighted by Crippen LogP contribution is -2.67. The van der Waals surface area contributed by atoms with Gasteiger partial charge in [-0.25, -0.2) is 4.98 Å². The van der Waals surface area contributed by atoms with E-state index in [0.717, 1.165) is 11.3 Å². The second-order valence-electron chi connectivity index (χ2n) is 9.54. The van der Waals surface area contributed by atoms with Gasteiger partial charge in [0.05, 0.1) is 11.7 Å². The molecule has 2 aromatic rings. The molecule has 212 valence electrons. The zero-order valence-corrected chi connectivity index (χ0v) is 21.3. The Morgan fingerprint density at radius 3 is 2.49 bits per heavy atom. The van der Waals surface area contributed by atoms with Crippen LogP contribution in [0.15, 0.2) is 29.2 Å². The van der Waals surface area contributed by atoms with Gasteiger partial charge in [0.25, 0.3) is 0 Å². The summed E-state index contributed by atoms with van der Waals surface area (Å²) in [5.41, 5.74) is 6.56. The molecule has 1 aliphatic carbocycles. The molecule has 1 amide bonds. The zero-order chi connectivity index (χ0) is 28.0. The number of hydrogen-bond donors (Lipinski definition) is 8. The molecule has 10 atom stereocenters. The first-order valence-corrected chi connectivity index (χ1v) is 12.9. The number of nitrogens with two attached hydrogens (primary N) is 1. The van der Waals surface area contributed by atoms with Crippen LogP contribution < -0.4 is 15.8 Å². The molecule has 14 nitrogen and oxygen atoms in total. The third-order valence-corrected chi connectivity index (χ3v) is 7.61. The van der Waals surface area contributed by atoms with E-state index in [1.165, 1.54) is 31.2 Å². The minimum atomic E-state index is -1.49. The number of anilines is 1. The van der Waals surface area contributed by atoms with Crippen molar-refractivity contribution in [3.05, 3.63) is 40.4 Å². The topological polar surface area (TPSA) is 226 Å². The van der Waals surface area contributed by atoms with Crippen LogP contribution in [-0.4, -0.2) is 103 Å². The average molecular weight is 568 g/mol. The van der Waals surface area contributed by atoms with Gasteiger partial charge in [0, 0.05) is 11.0 Å². The van der Waals surface area contributed by atoms with E-state index in [-0.39, 0.29) is 29.0 Å². The largest absolute Gasteiger partial charge is 0.504 e. The number of aliphatic hydroxyl groups is 5. The number of amides is 1. The number of aliphatic hydroxyl groups excluding tert-OH is 5. The number of phenolic OH excluding ortho intramolecular Hbond substituents is 1. The highest BCUT2D eigenvalue weighted by molar-refractivity contribution is 7.13. The molecule has 15 heteroatoms. The number of aromatic hydroxyl groups is 1. The van der Waals surface area contributed by atoms with E-state index in [1.54, 1.807) is 5.38 Å². The molecule has 39 heavy (non-hydrogen) atoms. The van der Waals surface area contributed by atoms with Crippen LogP contribution in [0.5, 0.6) is 11.5 Å². The second kappa shape index (κ2) is 11.0. The van der Waals surface area contributed by atoms with Crippen molar-refractivity contribution in [3.63, 3.8) is 0 Å². The number of benzene rings is 1. The molecule has 0 spiro atoms. The summed E-state index contributed by atoms with van der Waals surface area (Å²) < 4.78 is 21.7. The summed E-state index contributed by atoms with van der Waals surface area (Å²) >= 11 is 1.16. The number of fused-ring (bicyclic) bond motifs is 1. The summed E-state index contributed by atoms with van der Waals surface area (Å²) in [5, 5.41) is 66.8. The first-order chi connectivity index (χ1) is 18.5. The van der Waals surface area contributed by atoms with Crippen LogP contribution in [0.25, 0.3) is 6.08 Å². The van der Waals surface area contributed by atoms with Crippen molar-refractivity contribution in [1.29, 1.82) is 0 Å². The fraction of sp³-hybridized carbons (Fsp3) is 0.500. The molecule has 3 heterocycles. The van der Waals surface area contributed by atoms with E-state index >= 15 is 0 Å². The van der Waals surface area contributed by atoms with Gasteiger partial charge in [0.2, 0.25) is 12.2 Å². The fourth-order valence-corrected chi connectivity index (χ4v) is 5.39. The van der Waals surface area contributed by atoms with Gasteiger partial charge in [-0.2, -0.15) is 0 Å². The smallest absolute Gasteiger partial charge is 0.247 e. The Morgan fingerprint density at radius 2 is 1.82 bits per heavy atom. The van der Waals surface area contributed by atoms with Crippen molar-refractivity contribution in [2.45, 2.75) is 68.1 Å². The quantitative estimate of drug-likeness (QED) is 0.183. The predicted octanol–water partition coefficient (Wildman–Crippen LogP) is -1.64. The minimum absolute atomic E-state index is 0.0419. The normalized spacial score (nSPS) is 36.5. The Morgan fingerprint density at radius 1 is 1.10 bits per heavy atom. The molecular formula is C24H29N3O11S. The van der Waals surface area contributed by atoms with Crippen LogP contribution in [0.4, 0.5) is 5.13 Å². The number of nitrogen functional groups attached to an aromatic ring is 1. The molecule has 2 aliphatic heterocycles. The Kier molecular flexibility index (Phi) is 7.78. The highest BCUT2D eigenvalue weighted by atomic mass is 32.1. The first-order valence-electron chi connectivity index (χ1n) is 12.0. The van der Waals surface area contributed by atoms with Crippen molar-refractivity contribution in [3.8, 4) is 11.5 Å². The van der Waals surface area contributed by atoms with Gasteiger partial charge in [0.15, 0.2) is 16.6 Å². The first kappa shape index (κ1) is 27.7. The highest BCUT2D eigenvalue weighted by Crippen LogP contribution is 2.38. The number of thiazole rings is 1. The predicted molar refractivity (Wildman–Crippen MR) is 133 cm³/mol. The summed E-state index contributed by atoms with van der Waals surface area (Å²) in [4.78, 5) is 16.8. The molecular weight excluding hydrogens is 538 g/mol. The van der Waals surface area contributed by atoms with Crippen LogP contribution in [-0.2, 0) is 19.0 Å². The number of aromatic nitrogens is 1. The standard InChI is InChI=1S/C24H29N3O11S/c1-8(22(34)27-13-14(29)16(31)21-20(15(13)30)35-7-36-21)4-9-2-3-12(11(28)5-9)37-23-18(33)17(32)19(38-23)10-6-39-24(25)26-10/h2-6,13-21,23,28-33H,7H2,1H3,(H2,25,26)(H,27,34)/b8-4+/t13?,14-,15+,16+,17-,18-,19+,20-,21+,23+/m0/s1. The number of phenols is 1. The number of hydrogen-bond acceptors (Lipinski definition) is 14. The lowest BCUT2D eigenvalue weighted by atomic mass is 9.83. The average Bonchev–Trinajstić information content (AvgIpc) is 3.63. The Bertz CT molecular complexity index is 1240. The number of carbonyl (C=O) groups is 1. The van der Waals surface area contributed by atoms with E-state index < -0.39 is 67.1 Å². The van der Waals surface area contributed by atoms with E-state index in [0.29, 0.717) is 11.3 Å². The van der Waals surface area contributed by atoms with Gasteiger partial charge in [0.1, 0.15) is 55.6 Å². The van der Waals surface area contributed by atoms with Crippen molar-refractivity contribution < 1.29 is 54.4 Å². The van der Waals surface area contributed by atoms with Gasteiger partial charge in [-0.15, -0.1) is 11.3 Å². The van der Waals surface area contributed by atoms with E-state index in [9.17, 15) is 35.4 Å². The summed E-state index contributed by atoms with van der Waals surface area (Å²) in [7, 11) is 0. The Labute approximate surface area is 225 Å². The van der Waals surface area contributed by atoms with Gasteiger partial charge >= 0.3 is 0 Å². The van der Waals surface area contributed by atoms with Crippen LogP contribution in [0.2, 0.25) is 0 Å². The molecule has 5 rings (SSSR count). The highest BCUT2D eigenvalue weighted by Gasteiger charge is 2.53. The Balaban J connectivity index is 1.23. The summed E-state index contributed by atoms with van der Waals surface area (Å²) in [5.74, 6) is -0.998. The SMILES string of the molecule is C/C(=C\c1ccc(O[C@@H]2O[C@H](c3csc(N)n3)[C@@H](O)[C@@H]2O)c(O)c1)C(=O)NC1[C@@H](O)[C@@H]2OCO[C@@H]2[C@H](O)[C@H]1O. The third kappa shape index (κ3) is 5.32. The third-order valence-electron chi connectivity index (χ3n) is 6.92. The molecule has 1 saturated carbocycles. The molecule has 3 aliphatic rings. The maximum absolute atomic E-state index is 12.8. The van der Waals surface area contributed by atoms with Crippen molar-refractivity contribution in [2.75, 3.05) is 12.5 Å². The fourth-order valence-electron chi connectivity index (χ4n) is 4.80. The van der Waals surface area contributed by atoms with Gasteiger partial charge < -0.3 is 60.6 Å². The van der Waals surface area contributed by atoms with Crippen LogP contribution in [0, 0.1) is 0 Å². The van der Waals surface area contributed by atoms with Crippen molar-refractivity contribution >= 4 is 28.5 Å². The lowest BCUT2D eigenvalue weighted by Gasteiger charge is -2.41. The number of carbonyl (C=O) groups excluding carboxylic acids is 1. The molecule has 0 radical (unpaired) electrons. The molecule has 1 aromatic heterocycles. The van der Waals surface area contributed by atoms with E-state index in [4.69, 9.17) is 24.7 Å². The summed E-state index contributed by atoms with van der Waals surface area (Å²) in [6, 6.07) is 3.03. The van der Waals surface area contributed by atoms with Crippen LogP contribution in [0.1, 0.15) is 24.3 Å². The maximum atomic E-state index is 12.8. The Hall–Kier alpha value is -2.86. The van der Waals surface area contributed by atoms with E-state index in [2.05, 4.69) is 10.3 Å². The van der Waals surface area contributed by atoms with Gasteiger partial charge in [-0.05, 0) is 30.7 Å². The van der Waals surface area contributed by atoms with Gasteiger partial charge in [-0.1, -0.05) is 6.07 Å². The van der Waals surface area contributed by atoms with Crippen molar-refractivity contribution in [2.24, 2.45) is 0 Å². The number of rotatable bonds is 6. The molecule has 0 bridgehead atoms. The zero-order valence-electron chi connectivity index (χ0n) is 20.5. The van der Waals surface area contributed by atoms with Crippen LogP contribution in [0.3, 0.4) is 0 Å². The number of ether oxygens (including phenoxy) is 4. The number of nitrogens with zero attached hydrogens (tertiary/aromatic N) is 1. The van der Waals surface area contributed by atoms with Crippen LogP contribution >= 0.6 is 11.3 Å². The lowest BCUT2D eigenvalue weighted by molar-refractivity contribution is -0.155. The van der Waals surface area contributed by atoms with Crippen molar-refractivity contribution in [1.82, 2.24) is 10.3 Å². The molecule has 9 N–H and O–H groups in total. The van der Waals surface area contributed by atoms with Gasteiger partial charge in [-0.3, -0.25) is 4.79 Å². The molecule has 1 aromatic carbocycles. The van der Waals surface area contributed by atoms with E-state index in [1.807, 2.05) is 0 Å². The summed E-state index contributed by atoms with van der Waals surface area (Å²) in [6.07, 6.45) is -9.55. The minimum Gasteiger partial charge on any atom is -0.504 e. The monoisotopic (exact) mass is 567 g/mol. The summed E-state index contributed by atoms with van der Waals surface area (Å²) in [6.45, 7) is 1.34. The molecule has 2 saturated heterocycles. The molecule has 3 fully saturated rings. The molecule has 1 unspecified atom stereocenters. The maximum Gasteiger partial charge on any atom is 0.247 e. The second-order valence-corrected chi connectivity index (χ2v) is 10.4.